The molecule has 0 saturated carbocycles. The van der Waals surface area contributed by atoms with Crippen LogP contribution < -0.4 is 5.32 Å². The van der Waals surface area contributed by atoms with Crippen molar-refractivity contribution in [3.8, 4) is 0 Å². The van der Waals surface area contributed by atoms with Crippen LogP contribution in [0.4, 0.5) is 0 Å². The average Bonchev–Trinajstić information content (AvgIpc) is 2.65. The van der Waals surface area contributed by atoms with Gasteiger partial charge in [0, 0.05) is 13.1 Å². The van der Waals surface area contributed by atoms with Crippen molar-refractivity contribution in [2.75, 3.05) is 19.7 Å². The molecule has 0 aliphatic heterocycles. The Morgan fingerprint density at radius 3 is 2.31 bits per heavy atom. The van der Waals surface area contributed by atoms with Crippen molar-refractivity contribution >= 4 is 22.6 Å². The Morgan fingerprint density at radius 2 is 1.69 bits per heavy atom. The fourth-order valence-corrected chi connectivity index (χ4v) is 3.06. The maximum Gasteiger partial charge on any atom is 0.247 e. The highest BCUT2D eigenvalue weighted by Gasteiger charge is 2.24. The smallest absolute Gasteiger partial charge is 0.247 e. The van der Waals surface area contributed by atoms with E-state index in [0.717, 1.165) is 29.2 Å². The molecule has 0 aromatic heterocycles. The molecule has 2 aromatic carbocycles. The predicted molar refractivity (Wildman–Crippen MR) is 104 cm³/mol. The summed E-state index contributed by atoms with van der Waals surface area (Å²) in [6, 6.07) is 13.0. The van der Waals surface area contributed by atoms with Gasteiger partial charge in [-0.05, 0) is 29.2 Å². The molecular weight excluding hydrogens is 328 g/mol. The van der Waals surface area contributed by atoms with Crippen molar-refractivity contribution < 1.29 is 14.7 Å². The fourth-order valence-electron chi connectivity index (χ4n) is 3.06. The van der Waals surface area contributed by atoms with Gasteiger partial charge in [0.15, 0.2) is 0 Å². The van der Waals surface area contributed by atoms with E-state index < -0.39 is 12.6 Å². The molecule has 0 bridgehead atoms. The van der Waals surface area contributed by atoms with E-state index in [2.05, 4.69) is 5.32 Å². The third kappa shape index (κ3) is 5.30. The molecule has 2 aromatic rings. The summed E-state index contributed by atoms with van der Waals surface area (Å²) < 4.78 is 0. The fraction of sp³-hybridized carbons (Fsp3) is 0.429. The summed E-state index contributed by atoms with van der Waals surface area (Å²) in [7, 11) is 0. The topological polar surface area (TPSA) is 69.6 Å². The minimum Gasteiger partial charge on any atom is -0.394 e. The lowest BCUT2D eigenvalue weighted by Crippen LogP contribution is -2.51. The van der Waals surface area contributed by atoms with Gasteiger partial charge < -0.3 is 15.3 Å². The number of benzene rings is 2. The van der Waals surface area contributed by atoms with Gasteiger partial charge in [-0.15, -0.1) is 0 Å². The minimum absolute atomic E-state index is 0.177. The molecule has 140 valence electrons. The monoisotopic (exact) mass is 356 g/mol. The van der Waals surface area contributed by atoms with Crippen molar-refractivity contribution in [3.63, 3.8) is 0 Å². The van der Waals surface area contributed by atoms with Crippen molar-refractivity contribution in [2.24, 2.45) is 0 Å². The number of hydrogen-bond acceptors (Lipinski definition) is 3. The van der Waals surface area contributed by atoms with E-state index in [-0.39, 0.29) is 18.2 Å². The van der Waals surface area contributed by atoms with Gasteiger partial charge in [-0.2, -0.15) is 0 Å². The largest absolute Gasteiger partial charge is 0.394 e. The van der Waals surface area contributed by atoms with Gasteiger partial charge in [-0.3, -0.25) is 9.59 Å². The number of rotatable bonds is 9. The van der Waals surface area contributed by atoms with Crippen molar-refractivity contribution in [1.29, 1.82) is 0 Å². The van der Waals surface area contributed by atoms with E-state index in [1.165, 1.54) is 0 Å². The SMILES string of the molecule is CCCN(CCC)C(=O)[C@H](CO)NC(=O)Cc1ccc2ccccc2c1. The number of aliphatic hydroxyl groups excluding tert-OH is 1. The van der Waals surface area contributed by atoms with Crippen molar-refractivity contribution in [2.45, 2.75) is 39.2 Å². The van der Waals surface area contributed by atoms with Gasteiger partial charge in [0.1, 0.15) is 6.04 Å². The summed E-state index contributed by atoms with van der Waals surface area (Å²) in [5.74, 6) is -0.483. The number of hydrogen-bond donors (Lipinski definition) is 2. The van der Waals surface area contributed by atoms with Gasteiger partial charge in [0.25, 0.3) is 0 Å². The van der Waals surface area contributed by atoms with Crippen molar-refractivity contribution in [1.82, 2.24) is 10.2 Å². The standard InChI is InChI=1S/C21H28N2O3/c1-3-11-23(12-4-2)21(26)19(15-24)22-20(25)14-16-9-10-17-7-5-6-8-18(17)13-16/h5-10,13,19,24H,3-4,11-12,14-15H2,1-2H3,(H,22,25)/t19-/m0/s1. The lowest BCUT2D eigenvalue weighted by molar-refractivity contribution is -0.137. The maximum atomic E-state index is 12.6. The van der Waals surface area contributed by atoms with E-state index in [9.17, 15) is 14.7 Å². The maximum absolute atomic E-state index is 12.6. The van der Waals surface area contributed by atoms with E-state index in [1.54, 1.807) is 4.90 Å². The lowest BCUT2D eigenvalue weighted by atomic mass is 10.0. The van der Waals surface area contributed by atoms with Gasteiger partial charge in [0.05, 0.1) is 13.0 Å². The Balaban J connectivity index is 2.01. The quantitative estimate of drug-likeness (QED) is 0.725. The highest BCUT2D eigenvalue weighted by atomic mass is 16.3. The van der Waals surface area contributed by atoms with Crippen LogP contribution in [0.15, 0.2) is 42.5 Å². The molecule has 26 heavy (non-hydrogen) atoms. The number of fused-ring (bicyclic) bond motifs is 1. The van der Waals surface area contributed by atoms with Crippen LogP contribution in [0.2, 0.25) is 0 Å². The molecule has 0 radical (unpaired) electrons. The van der Waals surface area contributed by atoms with E-state index in [4.69, 9.17) is 0 Å². The van der Waals surface area contributed by atoms with Gasteiger partial charge in [0.2, 0.25) is 11.8 Å². The number of aliphatic hydroxyl groups is 1. The number of nitrogens with zero attached hydrogens (tertiary/aromatic N) is 1. The Bertz CT molecular complexity index is 739. The highest BCUT2D eigenvalue weighted by Crippen LogP contribution is 2.16. The van der Waals surface area contributed by atoms with Crippen LogP contribution in [0.25, 0.3) is 10.8 Å². The van der Waals surface area contributed by atoms with Gasteiger partial charge >= 0.3 is 0 Å². The van der Waals surface area contributed by atoms with E-state index in [1.807, 2.05) is 56.3 Å². The third-order valence-corrected chi connectivity index (χ3v) is 4.29. The summed E-state index contributed by atoms with van der Waals surface area (Å²) >= 11 is 0. The van der Waals surface area contributed by atoms with E-state index in [0.29, 0.717) is 13.1 Å². The van der Waals surface area contributed by atoms with E-state index >= 15 is 0 Å². The zero-order chi connectivity index (χ0) is 18.9. The first-order valence-electron chi connectivity index (χ1n) is 9.25. The molecule has 2 rings (SSSR count). The number of nitrogens with one attached hydrogen (secondary N) is 1. The Kier molecular flexibility index (Phi) is 7.60. The summed E-state index contributed by atoms with van der Waals surface area (Å²) in [6.45, 7) is 4.87. The van der Waals surface area contributed by atoms with Gasteiger partial charge in [-0.25, -0.2) is 0 Å². The first-order valence-corrected chi connectivity index (χ1v) is 9.25. The number of carbonyl (C=O) groups excluding carboxylic acids is 2. The molecule has 2 N–H and O–H groups in total. The Labute approximate surface area is 155 Å². The number of amides is 2. The van der Waals surface area contributed by atoms with Crippen LogP contribution in [0, 0.1) is 0 Å². The van der Waals surface area contributed by atoms with Gasteiger partial charge in [-0.1, -0.05) is 56.3 Å². The zero-order valence-corrected chi connectivity index (χ0v) is 15.6. The molecule has 5 nitrogen and oxygen atoms in total. The molecule has 0 saturated heterocycles. The summed E-state index contributed by atoms with van der Waals surface area (Å²) in [5, 5.41) is 14.5. The molecule has 0 unspecified atom stereocenters. The van der Waals surface area contributed by atoms with Crippen LogP contribution >= 0.6 is 0 Å². The normalized spacial score (nSPS) is 12.0. The predicted octanol–water partition coefficient (Wildman–Crippen LogP) is 2.51. The number of carbonyl (C=O) groups is 2. The molecule has 1 atom stereocenters. The molecular formula is C21H28N2O3. The third-order valence-electron chi connectivity index (χ3n) is 4.29. The molecule has 5 heteroatoms. The van der Waals surface area contributed by atoms with Crippen LogP contribution in [0.5, 0.6) is 0 Å². The Hall–Kier alpha value is -2.40. The zero-order valence-electron chi connectivity index (χ0n) is 15.6. The second-order valence-electron chi connectivity index (χ2n) is 6.49. The molecule has 0 fully saturated rings. The molecule has 0 spiro atoms. The first-order chi connectivity index (χ1) is 12.6. The van der Waals surface area contributed by atoms with Crippen LogP contribution in [0.1, 0.15) is 32.3 Å². The van der Waals surface area contributed by atoms with Crippen molar-refractivity contribution in [3.05, 3.63) is 48.0 Å². The summed E-state index contributed by atoms with van der Waals surface area (Å²) in [4.78, 5) is 26.6. The second-order valence-corrected chi connectivity index (χ2v) is 6.49. The molecule has 0 aliphatic rings. The highest BCUT2D eigenvalue weighted by molar-refractivity contribution is 5.89. The average molecular weight is 356 g/mol. The van der Waals surface area contributed by atoms with Crippen LogP contribution in [-0.4, -0.2) is 47.6 Å². The second kappa shape index (κ2) is 9.92. The molecule has 0 heterocycles. The van der Waals surface area contributed by atoms with Crippen LogP contribution in [0.3, 0.4) is 0 Å². The molecule has 0 aliphatic carbocycles. The first kappa shape index (κ1) is 19.9. The molecule has 2 amide bonds. The Morgan fingerprint density at radius 1 is 1.04 bits per heavy atom. The van der Waals surface area contributed by atoms with Crippen LogP contribution in [-0.2, 0) is 16.0 Å². The minimum atomic E-state index is -0.888. The lowest BCUT2D eigenvalue weighted by Gasteiger charge is -2.26. The summed E-state index contributed by atoms with van der Waals surface area (Å²) in [5.41, 5.74) is 0.879. The summed E-state index contributed by atoms with van der Waals surface area (Å²) in [6.07, 6.45) is 1.86.